The van der Waals surface area contributed by atoms with Crippen LogP contribution in [0.25, 0.3) is 17.4 Å². The van der Waals surface area contributed by atoms with Gasteiger partial charge in [0.15, 0.2) is 0 Å². The molecule has 2 aromatic rings. The molecule has 0 saturated carbocycles. The molecule has 0 aliphatic heterocycles. The van der Waals surface area contributed by atoms with Gasteiger partial charge in [0.25, 0.3) is 0 Å². The van der Waals surface area contributed by atoms with Crippen molar-refractivity contribution in [1.82, 2.24) is 5.32 Å². The van der Waals surface area contributed by atoms with E-state index in [0.29, 0.717) is 11.3 Å². The summed E-state index contributed by atoms with van der Waals surface area (Å²) >= 11 is 0. The summed E-state index contributed by atoms with van der Waals surface area (Å²) in [6, 6.07) is 10.2. The quantitative estimate of drug-likeness (QED) is 0.888. The van der Waals surface area contributed by atoms with Crippen molar-refractivity contribution in [3.63, 3.8) is 0 Å². The fraction of sp³-hybridized carbons (Fsp3) is 0.294. The molecule has 0 saturated heterocycles. The zero-order valence-electron chi connectivity index (χ0n) is 12.1. The molecule has 3 heteroatoms. The van der Waals surface area contributed by atoms with Crippen LogP contribution in [0.3, 0.4) is 0 Å². The summed E-state index contributed by atoms with van der Waals surface area (Å²) < 4.78 is 19.3. The van der Waals surface area contributed by atoms with E-state index in [4.69, 9.17) is 4.42 Å². The lowest BCUT2D eigenvalue weighted by Gasteiger charge is -2.18. The van der Waals surface area contributed by atoms with E-state index in [-0.39, 0.29) is 11.4 Å². The predicted octanol–water partition coefficient (Wildman–Crippen LogP) is 4.49. The lowest BCUT2D eigenvalue weighted by Crippen LogP contribution is -2.35. The molecule has 1 aromatic heterocycles. The number of rotatable bonds is 4. The van der Waals surface area contributed by atoms with Crippen LogP contribution in [0.15, 0.2) is 46.9 Å². The Hall–Kier alpha value is -1.87. The van der Waals surface area contributed by atoms with Crippen molar-refractivity contribution in [2.24, 2.45) is 0 Å². The summed E-state index contributed by atoms with van der Waals surface area (Å²) in [4.78, 5) is 0. The molecule has 0 unspecified atom stereocenters. The highest BCUT2D eigenvalue weighted by Gasteiger charge is 2.08. The number of halogens is 1. The Bertz CT molecular complexity index is 593. The standard InChI is InChI=1S/C17H20FNO/c1-17(2,3)19-12-6-7-13-10-11-16(20-13)14-8-4-5-9-15(14)18/h4-11,19H,12H2,1-3H3. The monoisotopic (exact) mass is 273 g/mol. The zero-order valence-corrected chi connectivity index (χ0v) is 12.1. The van der Waals surface area contributed by atoms with Crippen LogP contribution in [0.2, 0.25) is 0 Å². The topological polar surface area (TPSA) is 25.2 Å². The van der Waals surface area contributed by atoms with Crippen molar-refractivity contribution in [2.75, 3.05) is 6.54 Å². The Morgan fingerprint density at radius 1 is 1.15 bits per heavy atom. The van der Waals surface area contributed by atoms with Gasteiger partial charge in [0.1, 0.15) is 17.3 Å². The maximum absolute atomic E-state index is 13.6. The van der Waals surface area contributed by atoms with E-state index in [0.717, 1.165) is 12.3 Å². The molecule has 1 heterocycles. The van der Waals surface area contributed by atoms with Gasteiger partial charge in [0.2, 0.25) is 0 Å². The molecule has 20 heavy (non-hydrogen) atoms. The van der Waals surface area contributed by atoms with Gasteiger partial charge in [-0.3, -0.25) is 0 Å². The lowest BCUT2D eigenvalue weighted by atomic mass is 10.1. The molecule has 1 aromatic carbocycles. The van der Waals surface area contributed by atoms with Crippen molar-refractivity contribution >= 4 is 6.08 Å². The Labute approximate surface area is 119 Å². The molecular formula is C17H20FNO. The summed E-state index contributed by atoms with van der Waals surface area (Å²) in [5.41, 5.74) is 0.575. The zero-order chi connectivity index (χ0) is 14.6. The Balaban J connectivity index is 2.03. The van der Waals surface area contributed by atoms with Gasteiger partial charge >= 0.3 is 0 Å². The van der Waals surface area contributed by atoms with Crippen LogP contribution >= 0.6 is 0 Å². The van der Waals surface area contributed by atoms with Gasteiger partial charge in [-0.25, -0.2) is 4.39 Å². The second-order valence-corrected chi connectivity index (χ2v) is 5.72. The van der Waals surface area contributed by atoms with Crippen molar-refractivity contribution in [3.05, 3.63) is 54.1 Å². The highest BCUT2D eigenvalue weighted by Crippen LogP contribution is 2.25. The van der Waals surface area contributed by atoms with E-state index < -0.39 is 0 Å². The second-order valence-electron chi connectivity index (χ2n) is 5.72. The Morgan fingerprint density at radius 2 is 1.90 bits per heavy atom. The van der Waals surface area contributed by atoms with E-state index in [9.17, 15) is 4.39 Å². The van der Waals surface area contributed by atoms with Crippen LogP contribution in [-0.2, 0) is 0 Å². The highest BCUT2D eigenvalue weighted by atomic mass is 19.1. The first kappa shape index (κ1) is 14.5. The van der Waals surface area contributed by atoms with Gasteiger partial charge in [-0.05, 0) is 51.1 Å². The summed E-state index contributed by atoms with van der Waals surface area (Å²) in [6.45, 7) is 7.11. The second kappa shape index (κ2) is 6.06. The van der Waals surface area contributed by atoms with Crippen LogP contribution in [0.5, 0.6) is 0 Å². The normalized spacial score (nSPS) is 12.2. The molecule has 0 spiro atoms. The van der Waals surface area contributed by atoms with E-state index in [2.05, 4.69) is 26.1 Å². The molecule has 0 atom stereocenters. The molecule has 2 rings (SSSR count). The largest absolute Gasteiger partial charge is 0.457 e. The van der Waals surface area contributed by atoms with Gasteiger partial charge < -0.3 is 9.73 Å². The van der Waals surface area contributed by atoms with Crippen LogP contribution in [-0.4, -0.2) is 12.1 Å². The summed E-state index contributed by atoms with van der Waals surface area (Å²) in [5.74, 6) is 0.997. The minimum Gasteiger partial charge on any atom is -0.457 e. The molecule has 0 amide bonds. The van der Waals surface area contributed by atoms with Gasteiger partial charge in [-0.2, -0.15) is 0 Å². The molecule has 106 valence electrons. The number of hydrogen-bond donors (Lipinski definition) is 1. The van der Waals surface area contributed by atoms with Crippen molar-refractivity contribution in [2.45, 2.75) is 26.3 Å². The van der Waals surface area contributed by atoms with Crippen LogP contribution < -0.4 is 5.32 Å². The van der Waals surface area contributed by atoms with Crippen LogP contribution in [0.4, 0.5) is 4.39 Å². The molecule has 1 N–H and O–H groups in total. The maximum atomic E-state index is 13.6. The van der Waals surface area contributed by atoms with E-state index >= 15 is 0 Å². The molecule has 0 aliphatic carbocycles. The van der Waals surface area contributed by atoms with Crippen LogP contribution in [0.1, 0.15) is 26.5 Å². The first-order valence-electron chi connectivity index (χ1n) is 6.72. The SMILES string of the molecule is CC(C)(C)NCC=Cc1ccc(-c2ccccc2F)o1. The van der Waals surface area contributed by atoms with E-state index in [1.54, 1.807) is 24.3 Å². The number of benzene rings is 1. The fourth-order valence-electron chi connectivity index (χ4n) is 1.79. The lowest BCUT2D eigenvalue weighted by molar-refractivity contribution is 0.449. The average Bonchev–Trinajstić information content (AvgIpc) is 2.83. The Morgan fingerprint density at radius 3 is 2.60 bits per heavy atom. The smallest absolute Gasteiger partial charge is 0.137 e. The van der Waals surface area contributed by atoms with Crippen molar-refractivity contribution in [3.8, 4) is 11.3 Å². The van der Waals surface area contributed by atoms with E-state index in [1.165, 1.54) is 6.07 Å². The summed E-state index contributed by atoms with van der Waals surface area (Å²) in [6.07, 6.45) is 3.89. The molecule has 0 radical (unpaired) electrons. The molecule has 2 nitrogen and oxygen atoms in total. The number of nitrogens with one attached hydrogen (secondary N) is 1. The third-order valence-electron chi connectivity index (χ3n) is 2.80. The Kier molecular flexibility index (Phi) is 4.40. The fourth-order valence-corrected chi connectivity index (χ4v) is 1.79. The molecular weight excluding hydrogens is 253 g/mol. The average molecular weight is 273 g/mol. The molecule has 0 bridgehead atoms. The van der Waals surface area contributed by atoms with Gasteiger partial charge in [-0.1, -0.05) is 18.2 Å². The van der Waals surface area contributed by atoms with Gasteiger partial charge in [0, 0.05) is 12.1 Å². The predicted molar refractivity (Wildman–Crippen MR) is 80.9 cm³/mol. The number of furan rings is 1. The maximum Gasteiger partial charge on any atom is 0.137 e. The van der Waals surface area contributed by atoms with Crippen LogP contribution in [0, 0.1) is 5.82 Å². The van der Waals surface area contributed by atoms with Crippen molar-refractivity contribution < 1.29 is 8.81 Å². The highest BCUT2D eigenvalue weighted by molar-refractivity contribution is 5.60. The molecule has 0 fully saturated rings. The molecule has 0 aliphatic rings. The van der Waals surface area contributed by atoms with Crippen molar-refractivity contribution in [1.29, 1.82) is 0 Å². The minimum atomic E-state index is -0.272. The summed E-state index contributed by atoms with van der Waals surface area (Å²) in [5, 5.41) is 3.35. The first-order chi connectivity index (χ1) is 9.46. The van der Waals surface area contributed by atoms with Gasteiger partial charge in [0.05, 0.1) is 5.56 Å². The third kappa shape index (κ3) is 4.07. The van der Waals surface area contributed by atoms with Gasteiger partial charge in [-0.15, -0.1) is 0 Å². The number of hydrogen-bond acceptors (Lipinski definition) is 2. The van der Waals surface area contributed by atoms with E-state index in [1.807, 2.05) is 18.2 Å². The summed E-state index contributed by atoms with van der Waals surface area (Å²) in [7, 11) is 0. The third-order valence-corrected chi connectivity index (χ3v) is 2.80. The first-order valence-corrected chi connectivity index (χ1v) is 6.72. The minimum absolute atomic E-state index is 0.0891.